The van der Waals surface area contributed by atoms with Crippen molar-refractivity contribution in [2.45, 2.75) is 20.1 Å². The van der Waals surface area contributed by atoms with E-state index in [1.165, 1.54) is 17.2 Å². The summed E-state index contributed by atoms with van der Waals surface area (Å²) in [4.78, 5) is 19.0. The van der Waals surface area contributed by atoms with Gasteiger partial charge in [-0.15, -0.1) is 0 Å². The Morgan fingerprint density at radius 2 is 1.91 bits per heavy atom. The minimum Gasteiger partial charge on any atom is -0.490 e. The lowest BCUT2D eigenvalue weighted by Crippen LogP contribution is -2.26. The number of amides is 1. The van der Waals surface area contributed by atoms with Gasteiger partial charge in [0.1, 0.15) is 5.56 Å². The van der Waals surface area contributed by atoms with E-state index >= 15 is 0 Å². The van der Waals surface area contributed by atoms with Gasteiger partial charge in [0.25, 0.3) is 5.91 Å². The van der Waals surface area contributed by atoms with Crippen molar-refractivity contribution in [3.63, 3.8) is 0 Å². The molecule has 0 bridgehead atoms. The number of ether oxygens (including phenoxy) is 2. The molecule has 2 aromatic heterocycles. The number of hydrogen-bond donors (Lipinski definition) is 0. The fraction of sp³-hybridized carbons (Fsp3) is 0.208. The van der Waals surface area contributed by atoms with Crippen LogP contribution in [-0.4, -0.2) is 45.7 Å². The molecule has 0 radical (unpaired) electrons. The number of alkyl halides is 2. The van der Waals surface area contributed by atoms with E-state index in [0.29, 0.717) is 16.8 Å². The second-order valence-corrected chi connectivity index (χ2v) is 7.24. The fourth-order valence-corrected chi connectivity index (χ4v) is 3.53. The molecule has 4 aromatic rings. The minimum atomic E-state index is -2.96. The number of fused-ring (bicyclic) bond motifs is 1. The van der Waals surface area contributed by atoms with E-state index in [0.717, 1.165) is 11.3 Å². The van der Waals surface area contributed by atoms with Gasteiger partial charge in [0, 0.05) is 25.4 Å². The summed E-state index contributed by atoms with van der Waals surface area (Å²) in [6.45, 7) is -0.696. The van der Waals surface area contributed by atoms with Crippen LogP contribution in [0.2, 0.25) is 0 Å². The zero-order valence-corrected chi connectivity index (χ0v) is 18.1. The molecule has 0 saturated carbocycles. The molecule has 0 fully saturated rings. The zero-order chi connectivity index (χ0) is 23.4. The number of nitrogens with zero attached hydrogens (tertiary/aromatic N) is 4. The molecule has 0 spiro atoms. The molecule has 0 saturated heterocycles. The third kappa shape index (κ3) is 4.77. The Balaban J connectivity index is 1.58. The Morgan fingerprint density at radius 1 is 1.12 bits per heavy atom. The normalized spacial score (nSPS) is 11.1. The minimum absolute atomic E-state index is 0.0511. The second-order valence-electron chi connectivity index (χ2n) is 7.24. The van der Waals surface area contributed by atoms with Gasteiger partial charge in [-0.3, -0.25) is 4.79 Å². The van der Waals surface area contributed by atoms with Crippen LogP contribution in [0.5, 0.6) is 11.5 Å². The first-order valence-corrected chi connectivity index (χ1v) is 10.3. The van der Waals surface area contributed by atoms with Gasteiger partial charge in [0.15, 0.2) is 17.1 Å². The fourth-order valence-electron chi connectivity index (χ4n) is 3.53. The molecule has 0 unspecified atom stereocenters. The van der Waals surface area contributed by atoms with Crippen molar-refractivity contribution < 1.29 is 23.0 Å². The number of benzene rings is 2. The summed E-state index contributed by atoms with van der Waals surface area (Å²) >= 11 is 0. The van der Waals surface area contributed by atoms with Crippen LogP contribution >= 0.6 is 0 Å². The third-order valence-corrected chi connectivity index (χ3v) is 4.99. The van der Waals surface area contributed by atoms with E-state index in [-0.39, 0.29) is 30.6 Å². The summed E-state index contributed by atoms with van der Waals surface area (Å²) in [6.07, 6.45) is 3.14. The van der Waals surface area contributed by atoms with E-state index in [4.69, 9.17) is 4.74 Å². The summed E-state index contributed by atoms with van der Waals surface area (Å²) in [5.41, 5.74) is 3.28. The van der Waals surface area contributed by atoms with Gasteiger partial charge in [-0.1, -0.05) is 36.4 Å². The monoisotopic (exact) mass is 452 g/mol. The molecule has 0 aliphatic rings. The van der Waals surface area contributed by atoms with Crippen molar-refractivity contribution in [2.75, 3.05) is 13.7 Å². The lowest BCUT2D eigenvalue weighted by molar-refractivity contribution is -0.0514. The smallest absolute Gasteiger partial charge is 0.387 e. The Labute approximate surface area is 189 Å². The first kappa shape index (κ1) is 22.2. The predicted molar refractivity (Wildman–Crippen MR) is 118 cm³/mol. The van der Waals surface area contributed by atoms with Crippen molar-refractivity contribution in [1.82, 2.24) is 19.5 Å². The molecule has 7 nitrogen and oxygen atoms in total. The van der Waals surface area contributed by atoms with Crippen LogP contribution in [0, 0.1) is 0 Å². The largest absolute Gasteiger partial charge is 0.490 e. The van der Waals surface area contributed by atoms with Gasteiger partial charge in [0.2, 0.25) is 0 Å². The van der Waals surface area contributed by atoms with Gasteiger partial charge in [-0.2, -0.15) is 13.9 Å². The molecule has 2 heterocycles. The third-order valence-electron chi connectivity index (χ3n) is 4.99. The maximum absolute atomic E-state index is 13.2. The van der Waals surface area contributed by atoms with E-state index in [1.807, 2.05) is 36.4 Å². The highest BCUT2D eigenvalue weighted by atomic mass is 19.3. The average Bonchev–Trinajstić information content (AvgIpc) is 3.25. The van der Waals surface area contributed by atoms with Crippen LogP contribution in [-0.2, 0) is 6.54 Å². The first-order valence-electron chi connectivity index (χ1n) is 10.3. The molecule has 0 aliphatic carbocycles. The molecule has 0 N–H and O–H groups in total. The Kier molecular flexibility index (Phi) is 6.48. The Bertz CT molecular complexity index is 1260. The molecule has 0 atom stereocenters. The van der Waals surface area contributed by atoms with Gasteiger partial charge >= 0.3 is 6.61 Å². The maximum atomic E-state index is 13.2. The van der Waals surface area contributed by atoms with E-state index < -0.39 is 6.61 Å². The van der Waals surface area contributed by atoms with Crippen LogP contribution in [0.4, 0.5) is 8.78 Å². The highest BCUT2D eigenvalue weighted by molar-refractivity contribution is 5.99. The number of carbonyl (C=O) groups is 1. The molecular weight excluding hydrogens is 430 g/mol. The van der Waals surface area contributed by atoms with E-state index in [2.05, 4.69) is 14.8 Å². The molecule has 4 rings (SSSR count). The van der Waals surface area contributed by atoms with Crippen LogP contribution < -0.4 is 9.47 Å². The number of carbonyl (C=O) groups excluding carboxylic acids is 1. The molecule has 9 heteroatoms. The topological polar surface area (TPSA) is 69.0 Å². The number of halogens is 2. The average molecular weight is 452 g/mol. The van der Waals surface area contributed by atoms with Crippen LogP contribution in [0.3, 0.4) is 0 Å². The van der Waals surface area contributed by atoms with Gasteiger partial charge < -0.3 is 14.4 Å². The zero-order valence-electron chi connectivity index (χ0n) is 18.1. The summed E-state index contributed by atoms with van der Waals surface area (Å²) < 4.78 is 36.8. The van der Waals surface area contributed by atoms with Crippen molar-refractivity contribution in [2.24, 2.45) is 0 Å². The standard InChI is InChI=1S/C24H22F2N4O3/c1-3-32-21-13-16(9-10-20(21)33-24(25)26)15-29(2)23(31)18-14-28-30-19(11-12-27-22(18)30)17-7-5-4-6-8-17/h4-14,24H,3,15H2,1-2H3. The molecular formula is C24H22F2N4O3. The first-order chi connectivity index (χ1) is 16.0. The number of hydrogen-bond acceptors (Lipinski definition) is 5. The highest BCUT2D eigenvalue weighted by Gasteiger charge is 2.20. The highest BCUT2D eigenvalue weighted by Crippen LogP contribution is 2.30. The molecule has 0 aliphatic heterocycles. The Hall–Kier alpha value is -4.01. The van der Waals surface area contributed by atoms with Crippen molar-refractivity contribution >= 4 is 11.6 Å². The summed E-state index contributed by atoms with van der Waals surface area (Å²) in [6, 6.07) is 16.2. The van der Waals surface area contributed by atoms with Gasteiger partial charge in [-0.05, 0) is 30.7 Å². The molecule has 1 amide bonds. The SMILES string of the molecule is CCOc1cc(CN(C)C(=O)c2cnn3c(-c4ccccc4)ccnc23)ccc1OC(F)F. The number of aromatic nitrogens is 3. The molecule has 33 heavy (non-hydrogen) atoms. The van der Waals surface area contributed by atoms with Crippen LogP contribution in [0.15, 0.2) is 67.0 Å². The van der Waals surface area contributed by atoms with E-state index in [1.54, 1.807) is 36.8 Å². The molecule has 170 valence electrons. The lowest BCUT2D eigenvalue weighted by Gasteiger charge is -2.18. The summed E-state index contributed by atoms with van der Waals surface area (Å²) in [7, 11) is 1.65. The number of rotatable bonds is 8. The maximum Gasteiger partial charge on any atom is 0.387 e. The lowest BCUT2D eigenvalue weighted by atomic mass is 10.1. The van der Waals surface area contributed by atoms with Crippen molar-refractivity contribution in [1.29, 1.82) is 0 Å². The van der Waals surface area contributed by atoms with Crippen molar-refractivity contribution in [3.05, 3.63) is 78.1 Å². The van der Waals surface area contributed by atoms with Gasteiger partial charge in [0.05, 0.1) is 18.5 Å². The van der Waals surface area contributed by atoms with Crippen molar-refractivity contribution in [3.8, 4) is 22.8 Å². The van der Waals surface area contributed by atoms with E-state index in [9.17, 15) is 13.6 Å². The summed E-state index contributed by atoms with van der Waals surface area (Å²) in [5.74, 6) is -0.125. The molecule has 2 aromatic carbocycles. The predicted octanol–water partition coefficient (Wildman–Crippen LogP) is 4.67. The quantitative estimate of drug-likeness (QED) is 0.389. The van der Waals surface area contributed by atoms with Gasteiger partial charge in [-0.25, -0.2) is 9.50 Å². The van der Waals surface area contributed by atoms with Crippen LogP contribution in [0.1, 0.15) is 22.8 Å². The van der Waals surface area contributed by atoms with Crippen LogP contribution in [0.25, 0.3) is 16.9 Å². The second kappa shape index (κ2) is 9.64. The Morgan fingerprint density at radius 3 is 2.64 bits per heavy atom. The summed E-state index contributed by atoms with van der Waals surface area (Å²) in [5, 5.41) is 4.38.